The van der Waals surface area contributed by atoms with Crippen molar-refractivity contribution in [3.05, 3.63) is 134 Å². The Balaban J connectivity index is 4.48. The van der Waals surface area contributed by atoms with Gasteiger partial charge in [0.25, 0.3) is 0 Å². The van der Waals surface area contributed by atoms with Crippen LogP contribution in [0.1, 0.15) is 290 Å². The zero-order valence-corrected chi connectivity index (χ0v) is 51.3. The summed E-state index contributed by atoms with van der Waals surface area (Å²) >= 11 is 0. The SMILES string of the molecule is CC/C=C\C/C=C\C/C=C\C/C=C\C/C=C\CCCCCCCCCC(=O)OCC(COC(=O)CCCCCCCC/C=C\C/C=C\C/C=C\CCCCC)OC(=O)CCCCCCCC/C=C\C/C=C\C/C=C\CCCCC. The van der Waals surface area contributed by atoms with Gasteiger partial charge in [-0.2, -0.15) is 0 Å². The molecule has 0 N–H and O–H groups in total. The average Bonchev–Trinajstić information content (AvgIpc) is 3.45. The Morgan fingerprint density at radius 3 is 0.772 bits per heavy atom. The molecule has 0 saturated heterocycles. The standard InChI is InChI=1S/C73H120O6/c1-4-7-10-13-16-19-22-25-28-31-34-35-36-37-40-42-45-48-51-54-57-60-63-66-72(75)78-69-70(79-73(76)67-64-61-58-55-52-49-46-43-39-33-30-27-24-21-18-15-12-9-6-3)68-77-71(74)65-62-59-56-53-50-47-44-41-38-32-29-26-23-20-17-14-11-8-5-2/h7,10,16-21,25-30,34-35,37-41,43,70H,4-6,8-9,11-15,22-24,31-33,36,42,44-69H2,1-3H3/b10-7-,19-16-,20-17-,21-18-,28-25-,29-26-,30-27-,35-34-,40-37-,41-38-,43-39-. The minimum absolute atomic E-state index is 0.0975. The van der Waals surface area contributed by atoms with Crippen LogP contribution in [0.5, 0.6) is 0 Å². The number of ether oxygens (including phenoxy) is 3. The summed E-state index contributed by atoms with van der Waals surface area (Å²) in [5, 5.41) is 0. The van der Waals surface area contributed by atoms with Crippen LogP contribution in [-0.2, 0) is 28.6 Å². The van der Waals surface area contributed by atoms with Crippen LogP contribution in [0.4, 0.5) is 0 Å². The van der Waals surface area contributed by atoms with Crippen molar-refractivity contribution in [1.29, 1.82) is 0 Å². The largest absolute Gasteiger partial charge is 0.462 e. The van der Waals surface area contributed by atoms with Crippen molar-refractivity contribution in [3.8, 4) is 0 Å². The molecule has 6 nitrogen and oxygen atoms in total. The lowest BCUT2D eigenvalue weighted by Gasteiger charge is -2.18. The fourth-order valence-electron chi connectivity index (χ4n) is 8.72. The summed E-state index contributed by atoms with van der Waals surface area (Å²) in [6, 6.07) is 0. The molecule has 79 heavy (non-hydrogen) atoms. The molecule has 0 saturated carbocycles. The third kappa shape index (κ3) is 64.3. The quantitative estimate of drug-likeness (QED) is 0.0261. The summed E-state index contributed by atoms with van der Waals surface area (Å²) < 4.78 is 16.9. The fraction of sp³-hybridized carbons (Fsp3) is 0.658. The highest BCUT2D eigenvalue weighted by Crippen LogP contribution is 2.15. The van der Waals surface area contributed by atoms with Gasteiger partial charge in [-0.25, -0.2) is 0 Å². The van der Waals surface area contributed by atoms with Crippen molar-refractivity contribution in [2.45, 2.75) is 297 Å². The second-order valence-corrected chi connectivity index (χ2v) is 21.3. The van der Waals surface area contributed by atoms with E-state index >= 15 is 0 Å². The lowest BCUT2D eigenvalue weighted by molar-refractivity contribution is -0.167. The number of hydrogen-bond acceptors (Lipinski definition) is 6. The van der Waals surface area contributed by atoms with Gasteiger partial charge in [-0.15, -0.1) is 0 Å². The van der Waals surface area contributed by atoms with Crippen LogP contribution < -0.4 is 0 Å². The number of esters is 3. The van der Waals surface area contributed by atoms with Gasteiger partial charge in [0.2, 0.25) is 0 Å². The van der Waals surface area contributed by atoms with Crippen LogP contribution in [0, 0.1) is 0 Å². The average molecular weight is 1090 g/mol. The van der Waals surface area contributed by atoms with E-state index in [1.807, 2.05) is 0 Å². The molecule has 6 heteroatoms. The lowest BCUT2D eigenvalue weighted by atomic mass is 10.1. The number of rotatable bonds is 58. The molecule has 0 bridgehead atoms. The van der Waals surface area contributed by atoms with Gasteiger partial charge in [0.1, 0.15) is 13.2 Å². The first-order chi connectivity index (χ1) is 39.0. The predicted octanol–water partition coefficient (Wildman–Crippen LogP) is 22.5. The summed E-state index contributed by atoms with van der Waals surface area (Å²) in [6.07, 6.45) is 93.0. The minimum Gasteiger partial charge on any atom is -0.462 e. The molecule has 1 unspecified atom stereocenters. The molecule has 0 spiro atoms. The fourth-order valence-corrected chi connectivity index (χ4v) is 8.72. The molecule has 0 aromatic rings. The van der Waals surface area contributed by atoms with E-state index in [4.69, 9.17) is 14.2 Å². The first-order valence-electron chi connectivity index (χ1n) is 32.7. The molecule has 0 aromatic carbocycles. The van der Waals surface area contributed by atoms with E-state index in [1.165, 1.54) is 103 Å². The molecule has 0 aliphatic carbocycles. The van der Waals surface area contributed by atoms with Gasteiger partial charge in [0.05, 0.1) is 0 Å². The highest BCUT2D eigenvalue weighted by molar-refractivity contribution is 5.71. The van der Waals surface area contributed by atoms with Gasteiger partial charge >= 0.3 is 17.9 Å². The smallest absolute Gasteiger partial charge is 0.306 e. The first kappa shape index (κ1) is 74.5. The Labute approximate surface area is 487 Å². The Hall–Kier alpha value is -4.45. The van der Waals surface area contributed by atoms with Crippen molar-refractivity contribution in [2.75, 3.05) is 13.2 Å². The van der Waals surface area contributed by atoms with Gasteiger partial charge in [-0.1, -0.05) is 264 Å². The number of carbonyl (C=O) groups excluding carboxylic acids is 3. The molecular formula is C73H120O6. The second kappa shape index (κ2) is 66.1. The summed E-state index contributed by atoms with van der Waals surface area (Å²) in [5.74, 6) is -0.929. The Bertz CT molecular complexity index is 1680. The van der Waals surface area contributed by atoms with E-state index in [-0.39, 0.29) is 31.1 Å². The van der Waals surface area contributed by atoms with Crippen LogP contribution in [0.25, 0.3) is 0 Å². The van der Waals surface area contributed by atoms with Gasteiger partial charge in [-0.3, -0.25) is 14.4 Å². The maximum absolute atomic E-state index is 12.9. The van der Waals surface area contributed by atoms with Crippen LogP contribution in [0.3, 0.4) is 0 Å². The zero-order chi connectivity index (χ0) is 57.1. The molecule has 0 aliphatic heterocycles. The summed E-state index contributed by atoms with van der Waals surface area (Å²) in [7, 11) is 0. The van der Waals surface area contributed by atoms with Crippen molar-refractivity contribution in [2.24, 2.45) is 0 Å². The molecule has 0 fully saturated rings. The molecule has 0 heterocycles. The van der Waals surface area contributed by atoms with E-state index in [9.17, 15) is 14.4 Å². The number of hydrogen-bond donors (Lipinski definition) is 0. The highest BCUT2D eigenvalue weighted by Gasteiger charge is 2.19. The number of unbranched alkanes of at least 4 members (excludes halogenated alkanes) is 25. The molecule has 0 rings (SSSR count). The van der Waals surface area contributed by atoms with E-state index in [0.717, 1.165) is 148 Å². The highest BCUT2D eigenvalue weighted by atomic mass is 16.6. The van der Waals surface area contributed by atoms with Crippen molar-refractivity contribution >= 4 is 17.9 Å². The van der Waals surface area contributed by atoms with E-state index in [0.29, 0.717) is 19.3 Å². The Morgan fingerprint density at radius 2 is 0.494 bits per heavy atom. The lowest BCUT2D eigenvalue weighted by Crippen LogP contribution is -2.30. The van der Waals surface area contributed by atoms with Gasteiger partial charge < -0.3 is 14.2 Å². The van der Waals surface area contributed by atoms with Gasteiger partial charge in [0.15, 0.2) is 6.10 Å². The van der Waals surface area contributed by atoms with Crippen molar-refractivity contribution < 1.29 is 28.6 Å². The first-order valence-corrected chi connectivity index (χ1v) is 32.7. The zero-order valence-electron chi connectivity index (χ0n) is 51.3. The van der Waals surface area contributed by atoms with Gasteiger partial charge in [0, 0.05) is 19.3 Å². The maximum Gasteiger partial charge on any atom is 0.306 e. The van der Waals surface area contributed by atoms with E-state index < -0.39 is 6.10 Å². The van der Waals surface area contributed by atoms with Gasteiger partial charge in [-0.05, 0) is 141 Å². The molecular weight excluding hydrogens is 973 g/mol. The second-order valence-electron chi connectivity index (χ2n) is 21.3. The topological polar surface area (TPSA) is 78.9 Å². The number of allylic oxidation sites excluding steroid dienone is 22. The predicted molar refractivity (Wildman–Crippen MR) is 343 cm³/mol. The molecule has 1 atom stereocenters. The number of carbonyl (C=O) groups is 3. The Morgan fingerprint density at radius 1 is 0.266 bits per heavy atom. The summed E-state index contributed by atoms with van der Waals surface area (Å²) in [6.45, 7) is 6.45. The monoisotopic (exact) mass is 1090 g/mol. The van der Waals surface area contributed by atoms with Crippen LogP contribution in [0.15, 0.2) is 134 Å². The molecule has 0 aromatic heterocycles. The normalized spacial score (nSPS) is 13.0. The molecule has 0 aliphatic rings. The van der Waals surface area contributed by atoms with Crippen molar-refractivity contribution in [1.82, 2.24) is 0 Å². The maximum atomic E-state index is 12.9. The third-order valence-corrected chi connectivity index (χ3v) is 13.6. The van der Waals surface area contributed by atoms with E-state index in [2.05, 4.69) is 154 Å². The van der Waals surface area contributed by atoms with Crippen molar-refractivity contribution in [3.63, 3.8) is 0 Å². The van der Waals surface area contributed by atoms with E-state index in [1.54, 1.807) is 0 Å². The van der Waals surface area contributed by atoms with Crippen LogP contribution in [-0.4, -0.2) is 37.2 Å². The molecule has 448 valence electrons. The minimum atomic E-state index is -0.803. The molecule has 0 amide bonds. The summed E-state index contributed by atoms with van der Waals surface area (Å²) in [5.41, 5.74) is 0. The Kier molecular flexibility index (Phi) is 62.3. The summed E-state index contributed by atoms with van der Waals surface area (Å²) in [4.78, 5) is 38.4. The molecule has 0 radical (unpaired) electrons. The third-order valence-electron chi connectivity index (χ3n) is 13.6. The van der Waals surface area contributed by atoms with Crippen LogP contribution >= 0.6 is 0 Å². The van der Waals surface area contributed by atoms with Crippen LogP contribution in [0.2, 0.25) is 0 Å².